The maximum absolute atomic E-state index is 13.0. The molecule has 0 bridgehead atoms. The summed E-state index contributed by atoms with van der Waals surface area (Å²) in [5.74, 6) is -0.309. The van der Waals surface area contributed by atoms with Crippen LogP contribution >= 0.6 is 0 Å². The predicted molar refractivity (Wildman–Crippen MR) is 94.7 cm³/mol. The van der Waals surface area contributed by atoms with Gasteiger partial charge < -0.3 is 4.74 Å². The molecule has 1 aliphatic rings. The Bertz CT molecular complexity index is 875. The van der Waals surface area contributed by atoms with Crippen molar-refractivity contribution < 1.29 is 17.9 Å². The summed E-state index contributed by atoms with van der Waals surface area (Å²) in [6.07, 6.45) is 0.613. The molecule has 130 valence electrons. The third-order valence-electron chi connectivity index (χ3n) is 4.30. The van der Waals surface area contributed by atoms with Crippen molar-refractivity contribution in [2.45, 2.75) is 23.8 Å². The van der Waals surface area contributed by atoms with Crippen LogP contribution in [0, 0.1) is 6.92 Å². The summed E-state index contributed by atoms with van der Waals surface area (Å²) in [6, 6.07) is 15.0. The summed E-state index contributed by atoms with van der Waals surface area (Å²) in [5.41, 5.74) is 1.83. The standard InChI is InChI=1S/C19H19NO4S/c1-3-18-17(15-7-5-4-6-8-15)13-24-19(21)20(18)25(22,23)16-11-9-14(2)10-12-16/h3-12,17-18H,1,13H2,2H3/t17-,18-/m1/s1. The van der Waals surface area contributed by atoms with Gasteiger partial charge in [-0.3, -0.25) is 0 Å². The molecule has 1 fully saturated rings. The smallest absolute Gasteiger partial charge is 0.424 e. The van der Waals surface area contributed by atoms with Crippen molar-refractivity contribution >= 4 is 16.1 Å². The van der Waals surface area contributed by atoms with E-state index in [2.05, 4.69) is 6.58 Å². The topological polar surface area (TPSA) is 63.7 Å². The van der Waals surface area contributed by atoms with E-state index in [4.69, 9.17) is 4.74 Å². The fourth-order valence-electron chi connectivity index (χ4n) is 2.94. The van der Waals surface area contributed by atoms with Gasteiger partial charge in [0.05, 0.1) is 10.9 Å². The Kier molecular flexibility index (Phi) is 4.63. The molecule has 25 heavy (non-hydrogen) atoms. The van der Waals surface area contributed by atoms with E-state index < -0.39 is 22.2 Å². The van der Waals surface area contributed by atoms with Crippen LogP contribution in [0.15, 0.2) is 72.1 Å². The van der Waals surface area contributed by atoms with E-state index in [-0.39, 0.29) is 17.4 Å². The Morgan fingerprint density at radius 1 is 1.12 bits per heavy atom. The van der Waals surface area contributed by atoms with Gasteiger partial charge in [0, 0.05) is 5.92 Å². The van der Waals surface area contributed by atoms with Gasteiger partial charge in [-0.2, -0.15) is 4.31 Å². The Morgan fingerprint density at radius 2 is 1.76 bits per heavy atom. The average molecular weight is 357 g/mol. The summed E-state index contributed by atoms with van der Waals surface area (Å²) in [7, 11) is -4.04. The molecule has 0 spiro atoms. The number of benzene rings is 2. The summed E-state index contributed by atoms with van der Waals surface area (Å²) >= 11 is 0. The zero-order chi connectivity index (χ0) is 18.0. The first kappa shape index (κ1) is 17.2. The predicted octanol–water partition coefficient (Wildman–Crippen LogP) is 3.47. The van der Waals surface area contributed by atoms with Gasteiger partial charge in [0.2, 0.25) is 0 Å². The molecule has 1 heterocycles. The lowest BCUT2D eigenvalue weighted by Gasteiger charge is -2.38. The molecule has 1 amide bonds. The normalized spacial score (nSPS) is 20.8. The number of aryl methyl sites for hydroxylation is 1. The second-order valence-electron chi connectivity index (χ2n) is 5.93. The van der Waals surface area contributed by atoms with Crippen LogP contribution in [-0.2, 0) is 14.8 Å². The minimum absolute atomic E-state index is 0.0515. The van der Waals surface area contributed by atoms with Crippen LogP contribution in [0.1, 0.15) is 17.0 Å². The van der Waals surface area contributed by atoms with E-state index in [1.54, 1.807) is 12.1 Å². The summed E-state index contributed by atoms with van der Waals surface area (Å²) in [6.45, 7) is 5.73. The molecule has 1 aliphatic heterocycles. The Hall–Kier alpha value is -2.60. The van der Waals surface area contributed by atoms with Crippen molar-refractivity contribution in [2.75, 3.05) is 6.61 Å². The van der Waals surface area contributed by atoms with E-state index in [0.717, 1.165) is 15.4 Å². The highest BCUT2D eigenvalue weighted by atomic mass is 32.2. The highest BCUT2D eigenvalue weighted by Gasteiger charge is 2.44. The summed E-state index contributed by atoms with van der Waals surface area (Å²) in [5, 5.41) is 0. The van der Waals surface area contributed by atoms with E-state index >= 15 is 0 Å². The zero-order valence-electron chi connectivity index (χ0n) is 13.8. The Balaban J connectivity index is 2.04. The van der Waals surface area contributed by atoms with Crippen LogP contribution in [0.25, 0.3) is 0 Å². The first-order chi connectivity index (χ1) is 11.9. The van der Waals surface area contributed by atoms with Gasteiger partial charge in [-0.15, -0.1) is 6.58 Å². The van der Waals surface area contributed by atoms with Crippen LogP contribution in [0.2, 0.25) is 0 Å². The number of carbonyl (C=O) groups excluding carboxylic acids is 1. The number of ether oxygens (including phenoxy) is 1. The van der Waals surface area contributed by atoms with Crippen molar-refractivity contribution in [3.8, 4) is 0 Å². The van der Waals surface area contributed by atoms with Crippen molar-refractivity contribution in [1.82, 2.24) is 4.31 Å². The minimum atomic E-state index is -4.04. The van der Waals surface area contributed by atoms with Crippen LogP contribution in [-0.4, -0.2) is 31.5 Å². The van der Waals surface area contributed by atoms with Crippen molar-refractivity contribution in [2.24, 2.45) is 0 Å². The molecule has 0 aliphatic carbocycles. The second kappa shape index (κ2) is 6.72. The SMILES string of the molecule is C=C[C@@H]1[C@@H](c2ccccc2)COC(=O)N1S(=O)(=O)c1ccc(C)cc1. The fraction of sp³-hybridized carbons (Fsp3) is 0.211. The molecule has 6 heteroatoms. The number of amides is 1. The number of rotatable bonds is 4. The average Bonchev–Trinajstić information content (AvgIpc) is 2.62. The lowest BCUT2D eigenvalue weighted by atomic mass is 9.91. The molecular formula is C19H19NO4S. The molecule has 2 aromatic rings. The van der Waals surface area contributed by atoms with E-state index in [1.165, 1.54) is 18.2 Å². The van der Waals surface area contributed by atoms with E-state index in [1.807, 2.05) is 37.3 Å². The highest BCUT2D eigenvalue weighted by molar-refractivity contribution is 7.89. The molecule has 1 saturated heterocycles. The van der Waals surface area contributed by atoms with Gasteiger partial charge in [0.1, 0.15) is 6.61 Å². The number of cyclic esters (lactones) is 1. The van der Waals surface area contributed by atoms with E-state index in [9.17, 15) is 13.2 Å². The Morgan fingerprint density at radius 3 is 2.36 bits per heavy atom. The quantitative estimate of drug-likeness (QED) is 0.786. The van der Waals surface area contributed by atoms with Crippen LogP contribution < -0.4 is 0 Å². The molecule has 0 saturated carbocycles. The summed E-state index contributed by atoms with van der Waals surface area (Å²) < 4.78 is 32.0. The first-order valence-electron chi connectivity index (χ1n) is 7.90. The zero-order valence-corrected chi connectivity index (χ0v) is 14.6. The molecule has 3 rings (SSSR count). The summed E-state index contributed by atoms with van der Waals surface area (Å²) in [4.78, 5) is 12.4. The largest absolute Gasteiger partial charge is 0.448 e. The van der Waals surface area contributed by atoms with Crippen molar-refractivity contribution in [3.05, 3.63) is 78.4 Å². The van der Waals surface area contributed by atoms with Crippen molar-refractivity contribution in [3.63, 3.8) is 0 Å². The third kappa shape index (κ3) is 3.17. The maximum Gasteiger partial charge on any atom is 0.424 e. The molecule has 0 radical (unpaired) electrons. The van der Waals surface area contributed by atoms with Crippen molar-refractivity contribution in [1.29, 1.82) is 0 Å². The minimum Gasteiger partial charge on any atom is -0.448 e. The van der Waals surface area contributed by atoms with Crippen LogP contribution in [0.3, 0.4) is 0 Å². The second-order valence-corrected chi connectivity index (χ2v) is 7.75. The third-order valence-corrected chi connectivity index (χ3v) is 6.07. The number of carbonyl (C=O) groups is 1. The molecule has 5 nitrogen and oxygen atoms in total. The van der Waals surface area contributed by atoms with Crippen LogP contribution in [0.4, 0.5) is 4.79 Å². The fourth-order valence-corrected chi connectivity index (χ4v) is 4.45. The molecule has 2 atom stereocenters. The number of hydrogen-bond donors (Lipinski definition) is 0. The van der Waals surface area contributed by atoms with Gasteiger partial charge in [0.15, 0.2) is 0 Å². The number of hydrogen-bond acceptors (Lipinski definition) is 4. The van der Waals surface area contributed by atoms with Gasteiger partial charge in [-0.1, -0.05) is 54.1 Å². The molecule has 2 aromatic carbocycles. The molecule has 0 N–H and O–H groups in total. The van der Waals surface area contributed by atoms with E-state index in [0.29, 0.717) is 0 Å². The molecular weight excluding hydrogens is 338 g/mol. The molecule has 0 aromatic heterocycles. The van der Waals surface area contributed by atoms with Gasteiger partial charge in [-0.05, 0) is 24.6 Å². The van der Waals surface area contributed by atoms with Gasteiger partial charge in [0.25, 0.3) is 10.0 Å². The molecule has 0 unspecified atom stereocenters. The first-order valence-corrected chi connectivity index (χ1v) is 9.34. The monoisotopic (exact) mass is 357 g/mol. The van der Waals surface area contributed by atoms with Gasteiger partial charge >= 0.3 is 6.09 Å². The maximum atomic E-state index is 13.0. The lowest BCUT2D eigenvalue weighted by molar-refractivity contribution is 0.0758. The van der Waals surface area contributed by atoms with Crippen LogP contribution in [0.5, 0.6) is 0 Å². The number of sulfonamides is 1. The lowest BCUT2D eigenvalue weighted by Crippen LogP contribution is -2.51. The number of nitrogens with zero attached hydrogens (tertiary/aromatic N) is 1. The Labute approximate surface area is 147 Å². The highest BCUT2D eigenvalue weighted by Crippen LogP contribution is 2.33. The van der Waals surface area contributed by atoms with Gasteiger partial charge in [-0.25, -0.2) is 13.2 Å².